The Kier molecular flexibility index (Phi) is 5.66. The van der Waals surface area contributed by atoms with Crippen molar-refractivity contribution in [2.24, 2.45) is 0 Å². The summed E-state index contributed by atoms with van der Waals surface area (Å²) < 4.78 is 25.1. The molecule has 1 fully saturated rings. The van der Waals surface area contributed by atoms with Crippen molar-refractivity contribution in [3.63, 3.8) is 0 Å². The minimum absolute atomic E-state index is 0.139. The largest absolute Gasteiger partial charge is 0.391 e. The molecule has 1 heterocycles. The number of amides is 2. The summed E-state index contributed by atoms with van der Waals surface area (Å²) in [7, 11) is 0. The van der Waals surface area contributed by atoms with Crippen LogP contribution < -0.4 is 5.32 Å². The third-order valence-electron chi connectivity index (χ3n) is 3.10. The van der Waals surface area contributed by atoms with Crippen molar-refractivity contribution in [3.8, 4) is 0 Å². The van der Waals surface area contributed by atoms with E-state index in [4.69, 9.17) is 11.6 Å². The number of nitrogens with one attached hydrogen (secondary N) is 1. The highest BCUT2D eigenvalue weighted by Gasteiger charge is 2.23. The molecule has 0 aliphatic carbocycles. The van der Waals surface area contributed by atoms with Crippen molar-refractivity contribution < 1.29 is 18.7 Å². The maximum atomic E-state index is 12.6. The van der Waals surface area contributed by atoms with Gasteiger partial charge in [-0.05, 0) is 25.0 Å². The van der Waals surface area contributed by atoms with Gasteiger partial charge in [0.2, 0.25) is 0 Å². The van der Waals surface area contributed by atoms with E-state index in [-0.39, 0.29) is 22.2 Å². The lowest BCUT2D eigenvalue weighted by molar-refractivity contribution is 0.0883. The number of hydrogen-bond donors (Lipinski definition) is 2. The second kappa shape index (κ2) is 7.29. The number of piperidine rings is 1. The number of thioether (sulfide) groups is 1. The lowest BCUT2D eigenvalue weighted by atomic mass is 10.1. The van der Waals surface area contributed by atoms with Gasteiger partial charge in [-0.1, -0.05) is 29.4 Å². The third kappa shape index (κ3) is 4.46. The summed E-state index contributed by atoms with van der Waals surface area (Å²) >= 11 is 6.20. The van der Waals surface area contributed by atoms with Crippen LogP contribution in [0.25, 0.3) is 0 Å². The van der Waals surface area contributed by atoms with Gasteiger partial charge in [0.05, 0.1) is 21.7 Å². The maximum Gasteiger partial charge on any atom is 0.321 e. The number of likely N-dealkylation sites (tertiary alicyclic amines) is 1. The summed E-state index contributed by atoms with van der Waals surface area (Å²) in [6.45, 7) is 0.768. The van der Waals surface area contributed by atoms with E-state index in [1.54, 1.807) is 6.07 Å². The van der Waals surface area contributed by atoms with Crippen molar-refractivity contribution in [1.82, 2.24) is 4.90 Å². The zero-order valence-electron chi connectivity index (χ0n) is 11.1. The number of carbonyl (C=O) groups is 1. The normalized spacial score (nSPS) is 18.9. The van der Waals surface area contributed by atoms with Gasteiger partial charge in [0.15, 0.2) is 0 Å². The molecule has 2 rings (SSSR count). The molecule has 2 amide bonds. The van der Waals surface area contributed by atoms with Crippen molar-refractivity contribution in [3.05, 3.63) is 23.2 Å². The summed E-state index contributed by atoms with van der Waals surface area (Å²) in [4.78, 5) is 13.7. The van der Waals surface area contributed by atoms with Crippen molar-refractivity contribution in [1.29, 1.82) is 0 Å². The maximum absolute atomic E-state index is 12.6. The van der Waals surface area contributed by atoms with Gasteiger partial charge >= 0.3 is 6.03 Å². The number of alkyl halides is 2. The molecule has 0 saturated carbocycles. The molecule has 0 spiro atoms. The van der Waals surface area contributed by atoms with Crippen LogP contribution >= 0.6 is 23.4 Å². The molecule has 0 radical (unpaired) electrons. The molecule has 8 heteroatoms. The molecule has 2 N–H and O–H groups in total. The van der Waals surface area contributed by atoms with Crippen molar-refractivity contribution in [2.75, 3.05) is 18.4 Å². The number of nitrogens with zero attached hydrogens (tertiary/aromatic N) is 1. The zero-order chi connectivity index (χ0) is 15.4. The topological polar surface area (TPSA) is 52.6 Å². The monoisotopic (exact) mass is 336 g/mol. The number of benzene rings is 1. The number of urea groups is 1. The highest BCUT2D eigenvalue weighted by atomic mass is 35.5. The fourth-order valence-electron chi connectivity index (χ4n) is 2.15. The molecule has 1 atom stereocenters. The first-order valence-electron chi connectivity index (χ1n) is 6.44. The highest BCUT2D eigenvalue weighted by Crippen LogP contribution is 2.37. The van der Waals surface area contributed by atoms with Crippen LogP contribution in [0.15, 0.2) is 23.1 Å². The Morgan fingerprint density at radius 1 is 1.52 bits per heavy atom. The quantitative estimate of drug-likeness (QED) is 0.828. The smallest absolute Gasteiger partial charge is 0.321 e. The van der Waals surface area contributed by atoms with Crippen LogP contribution in [0.2, 0.25) is 5.02 Å². The van der Waals surface area contributed by atoms with Crippen LogP contribution in [0.1, 0.15) is 12.8 Å². The Hall–Kier alpha value is -1.05. The molecular weight excluding hydrogens is 322 g/mol. The van der Waals surface area contributed by atoms with Crippen LogP contribution in [0.3, 0.4) is 0 Å². The van der Waals surface area contributed by atoms with Crippen molar-refractivity contribution >= 4 is 35.1 Å². The molecule has 0 bridgehead atoms. The molecule has 1 aliphatic heterocycles. The van der Waals surface area contributed by atoms with Gasteiger partial charge in [0, 0.05) is 13.1 Å². The molecular formula is C13H15ClF2N2O2S. The van der Waals surface area contributed by atoms with E-state index in [0.717, 1.165) is 0 Å². The third-order valence-corrected chi connectivity index (χ3v) is 4.38. The van der Waals surface area contributed by atoms with E-state index in [1.807, 2.05) is 0 Å². The molecule has 116 valence electrons. The summed E-state index contributed by atoms with van der Waals surface area (Å²) in [5, 5.41) is 12.3. The first kappa shape index (κ1) is 16.3. The summed E-state index contributed by atoms with van der Waals surface area (Å²) in [5.41, 5.74) is 0.248. The summed E-state index contributed by atoms with van der Waals surface area (Å²) in [6, 6.07) is 4.17. The van der Waals surface area contributed by atoms with Crippen LogP contribution in [-0.2, 0) is 0 Å². The average Bonchev–Trinajstić information content (AvgIpc) is 2.42. The second-order valence-electron chi connectivity index (χ2n) is 4.67. The van der Waals surface area contributed by atoms with Gasteiger partial charge in [0.25, 0.3) is 5.76 Å². The number of carbonyl (C=O) groups excluding carboxylic acids is 1. The lowest BCUT2D eigenvalue weighted by Crippen LogP contribution is -2.44. The Bertz CT molecular complexity index is 519. The molecule has 0 aromatic heterocycles. The van der Waals surface area contributed by atoms with E-state index in [2.05, 4.69) is 5.32 Å². The van der Waals surface area contributed by atoms with E-state index in [9.17, 15) is 18.7 Å². The number of halogens is 3. The van der Waals surface area contributed by atoms with Crippen LogP contribution in [0.4, 0.5) is 19.3 Å². The summed E-state index contributed by atoms with van der Waals surface area (Å²) in [5.74, 6) is -2.63. The minimum Gasteiger partial charge on any atom is -0.391 e. The SMILES string of the molecule is O=C(Nc1cccc(Cl)c1SC(F)F)N1CCCC(O)C1. The van der Waals surface area contributed by atoms with Gasteiger partial charge in [0.1, 0.15) is 0 Å². The van der Waals surface area contributed by atoms with Crippen LogP contribution in [0, 0.1) is 0 Å². The minimum atomic E-state index is -2.63. The molecule has 4 nitrogen and oxygen atoms in total. The van der Waals surface area contributed by atoms with Gasteiger partial charge in [-0.25, -0.2) is 4.79 Å². The summed E-state index contributed by atoms with van der Waals surface area (Å²) in [6.07, 6.45) is 0.828. The van der Waals surface area contributed by atoms with Gasteiger partial charge < -0.3 is 15.3 Å². The second-order valence-corrected chi connectivity index (χ2v) is 6.07. The van der Waals surface area contributed by atoms with Crippen LogP contribution in [-0.4, -0.2) is 41.0 Å². The van der Waals surface area contributed by atoms with E-state index in [1.165, 1.54) is 17.0 Å². The number of aliphatic hydroxyl groups is 1. The van der Waals surface area contributed by atoms with Crippen LogP contribution in [0.5, 0.6) is 0 Å². The average molecular weight is 337 g/mol. The molecule has 1 aliphatic rings. The molecule has 1 saturated heterocycles. The Labute approximate surface area is 130 Å². The Morgan fingerprint density at radius 2 is 2.29 bits per heavy atom. The van der Waals surface area contributed by atoms with Gasteiger partial charge in [-0.3, -0.25) is 0 Å². The Morgan fingerprint density at radius 3 is 2.95 bits per heavy atom. The number of aliphatic hydroxyl groups excluding tert-OH is 1. The fourth-order valence-corrected chi connectivity index (χ4v) is 3.06. The first-order chi connectivity index (χ1) is 9.97. The number of β-amino-alcohol motifs (C(OH)–C–C–N with tert-alkyl or cyclic N) is 1. The predicted molar refractivity (Wildman–Crippen MR) is 79.1 cm³/mol. The lowest BCUT2D eigenvalue weighted by Gasteiger charge is -2.30. The standard InChI is InChI=1S/C13H15ClF2N2O2S/c14-9-4-1-5-10(11(9)21-12(15)16)17-13(20)18-6-2-3-8(19)7-18/h1,4-5,8,12,19H,2-3,6-7H2,(H,17,20). The zero-order valence-corrected chi connectivity index (χ0v) is 12.6. The Balaban J connectivity index is 2.11. The van der Waals surface area contributed by atoms with Gasteiger partial charge in [-0.2, -0.15) is 8.78 Å². The van der Waals surface area contributed by atoms with E-state index >= 15 is 0 Å². The first-order valence-corrected chi connectivity index (χ1v) is 7.70. The van der Waals surface area contributed by atoms with E-state index < -0.39 is 17.9 Å². The number of rotatable bonds is 3. The van der Waals surface area contributed by atoms with Gasteiger partial charge in [-0.15, -0.1) is 0 Å². The highest BCUT2D eigenvalue weighted by molar-refractivity contribution is 7.99. The number of hydrogen-bond acceptors (Lipinski definition) is 3. The molecule has 21 heavy (non-hydrogen) atoms. The van der Waals surface area contributed by atoms with E-state index in [0.29, 0.717) is 31.1 Å². The predicted octanol–water partition coefficient (Wildman–Crippen LogP) is 3.64. The fraction of sp³-hybridized carbons (Fsp3) is 0.462. The molecule has 1 aromatic rings. The van der Waals surface area contributed by atoms with Crippen molar-refractivity contribution in [2.45, 2.75) is 29.6 Å². The molecule has 1 unspecified atom stereocenters. The molecule has 1 aromatic carbocycles. The number of anilines is 1.